The van der Waals surface area contributed by atoms with E-state index in [-0.39, 0.29) is 0 Å². The minimum absolute atomic E-state index is 0.817. The SMILES string of the molecule is CN=C(NC)NCc1ccccc1CN1CCCCCC1. The topological polar surface area (TPSA) is 39.7 Å². The second kappa shape index (κ2) is 8.67. The molecule has 2 N–H and O–H groups in total. The molecule has 1 aliphatic heterocycles. The van der Waals surface area contributed by atoms with E-state index in [1.807, 2.05) is 7.05 Å². The molecule has 1 aliphatic rings. The Morgan fingerprint density at radius 1 is 1.10 bits per heavy atom. The van der Waals surface area contributed by atoms with E-state index in [4.69, 9.17) is 0 Å². The summed E-state index contributed by atoms with van der Waals surface area (Å²) in [6, 6.07) is 8.72. The van der Waals surface area contributed by atoms with Gasteiger partial charge in [0.2, 0.25) is 0 Å². The van der Waals surface area contributed by atoms with Crippen molar-refractivity contribution in [3.8, 4) is 0 Å². The summed E-state index contributed by atoms with van der Waals surface area (Å²) in [4.78, 5) is 6.76. The summed E-state index contributed by atoms with van der Waals surface area (Å²) < 4.78 is 0. The van der Waals surface area contributed by atoms with Gasteiger partial charge in [0.15, 0.2) is 5.96 Å². The van der Waals surface area contributed by atoms with E-state index in [1.165, 1.54) is 49.9 Å². The molecule has 0 spiro atoms. The monoisotopic (exact) mass is 288 g/mol. The molecule has 0 unspecified atom stereocenters. The maximum absolute atomic E-state index is 4.16. The summed E-state index contributed by atoms with van der Waals surface area (Å²) in [5.74, 6) is 0.833. The fourth-order valence-corrected chi connectivity index (χ4v) is 2.88. The number of aliphatic imine (C=N–C) groups is 1. The normalized spacial score (nSPS) is 17.3. The molecule has 1 saturated heterocycles. The Balaban J connectivity index is 1.98. The molecular weight excluding hydrogens is 260 g/mol. The van der Waals surface area contributed by atoms with Crippen LogP contribution in [0, 0.1) is 0 Å². The lowest BCUT2D eigenvalue weighted by molar-refractivity contribution is 0.276. The van der Waals surface area contributed by atoms with Gasteiger partial charge in [-0.1, -0.05) is 37.1 Å². The van der Waals surface area contributed by atoms with E-state index in [0.717, 1.165) is 19.0 Å². The molecule has 0 amide bonds. The largest absolute Gasteiger partial charge is 0.359 e. The van der Waals surface area contributed by atoms with Crippen LogP contribution in [-0.2, 0) is 13.1 Å². The third kappa shape index (κ3) is 5.05. The van der Waals surface area contributed by atoms with Crippen LogP contribution in [0.4, 0.5) is 0 Å². The van der Waals surface area contributed by atoms with Crippen molar-refractivity contribution in [3.05, 3.63) is 35.4 Å². The lowest BCUT2D eigenvalue weighted by atomic mass is 10.1. The highest BCUT2D eigenvalue weighted by Crippen LogP contribution is 2.16. The molecule has 0 bridgehead atoms. The van der Waals surface area contributed by atoms with Gasteiger partial charge in [-0.2, -0.15) is 0 Å². The number of likely N-dealkylation sites (tertiary alicyclic amines) is 1. The standard InChI is InChI=1S/C17H28N4/c1-18-17(19-2)20-13-15-9-5-6-10-16(15)14-21-11-7-3-4-8-12-21/h5-6,9-10H,3-4,7-8,11-14H2,1-2H3,(H2,18,19,20). The molecule has 0 radical (unpaired) electrons. The molecular formula is C17H28N4. The van der Waals surface area contributed by atoms with E-state index in [1.54, 1.807) is 7.05 Å². The Labute approximate surface area is 128 Å². The van der Waals surface area contributed by atoms with Crippen molar-refractivity contribution in [2.75, 3.05) is 27.2 Å². The third-order valence-electron chi connectivity index (χ3n) is 4.12. The van der Waals surface area contributed by atoms with Crippen molar-refractivity contribution in [2.24, 2.45) is 4.99 Å². The van der Waals surface area contributed by atoms with Crippen LogP contribution >= 0.6 is 0 Å². The van der Waals surface area contributed by atoms with Crippen LogP contribution in [0.1, 0.15) is 36.8 Å². The average Bonchev–Trinajstić information content (AvgIpc) is 2.78. The van der Waals surface area contributed by atoms with Crippen molar-refractivity contribution in [3.63, 3.8) is 0 Å². The van der Waals surface area contributed by atoms with Crippen LogP contribution < -0.4 is 10.6 Å². The fourth-order valence-electron chi connectivity index (χ4n) is 2.88. The molecule has 4 heteroatoms. The summed E-state index contributed by atoms with van der Waals surface area (Å²) in [5, 5.41) is 6.41. The van der Waals surface area contributed by atoms with Crippen molar-refractivity contribution in [2.45, 2.75) is 38.8 Å². The van der Waals surface area contributed by atoms with Gasteiger partial charge in [0.1, 0.15) is 0 Å². The molecule has 0 saturated carbocycles. The van der Waals surface area contributed by atoms with E-state index in [2.05, 4.69) is 44.8 Å². The van der Waals surface area contributed by atoms with Crippen LogP contribution in [0.25, 0.3) is 0 Å². The first-order valence-corrected chi connectivity index (χ1v) is 8.01. The third-order valence-corrected chi connectivity index (χ3v) is 4.12. The minimum Gasteiger partial charge on any atom is -0.359 e. The molecule has 1 aromatic carbocycles. The van der Waals surface area contributed by atoms with Gasteiger partial charge < -0.3 is 10.6 Å². The summed E-state index contributed by atoms with van der Waals surface area (Å²) in [5.41, 5.74) is 2.79. The highest BCUT2D eigenvalue weighted by Gasteiger charge is 2.11. The quantitative estimate of drug-likeness (QED) is 0.660. The van der Waals surface area contributed by atoms with Gasteiger partial charge in [0.05, 0.1) is 0 Å². The first kappa shape index (κ1) is 15.8. The average molecular weight is 288 g/mol. The number of hydrogen-bond acceptors (Lipinski definition) is 2. The molecule has 21 heavy (non-hydrogen) atoms. The lowest BCUT2D eigenvalue weighted by Crippen LogP contribution is -2.34. The van der Waals surface area contributed by atoms with Gasteiger partial charge >= 0.3 is 0 Å². The smallest absolute Gasteiger partial charge is 0.190 e. The Kier molecular flexibility index (Phi) is 6.54. The number of hydrogen-bond donors (Lipinski definition) is 2. The van der Waals surface area contributed by atoms with E-state index in [0.29, 0.717) is 0 Å². The fraction of sp³-hybridized carbons (Fsp3) is 0.588. The zero-order valence-corrected chi connectivity index (χ0v) is 13.4. The van der Waals surface area contributed by atoms with Gasteiger partial charge in [0.25, 0.3) is 0 Å². The van der Waals surface area contributed by atoms with Gasteiger partial charge in [-0.25, -0.2) is 0 Å². The summed E-state index contributed by atoms with van der Waals surface area (Å²) in [6.45, 7) is 4.35. The highest BCUT2D eigenvalue weighted by molar-refractivity contribution is 5.79. The molecule has 0 atom stereocenters. The van der Waals surface area contributed by atoms with Crippen LogP contribution in [0.5, 0.6) is 0 Å². The summed E-state index contributed by atoms with van der Waals surface area (Å²) >= 11 is 0. The maximum atomic E-state index is 4.16. The van der Waals surface area contributed by atoms with Gasteiger partial charge in [0, 0.05) is 27.2 Å². The zero-order chi connectivity index (χ0) is 14.9. The molecule has 4 nitrogen and oxygen atoms in total. The Morgan fingerprint density at radius 2 is 1.76 bits per heavy atom. The van der Waals surface area contributed by atoms with Crippen molar-refractivity contribution in [1.82, 2.24) is 15.5 Å². The predicted octanol–water partition coefficient (Wildman–Crippen LogP) is 2.36. The van der Waals surface area contributed by atoms with Crippen LogP contribution in [0.15, 0.2) is 29.3 Å². The van der Waals surface area contributed by atoms with E-state index >= 15 is 0 Å². The lowest BCUT2D eigenvalue weighted by Gasteiger charge is -2.22. The van der Waals surface area contributed by atoms with Gasteiger partial charge in [-0.3, -0.25) is 9.89 Å². The predicted molar refractivity (Wildman–Crippen MR) is 89.4 cm³/mol. The van der Waals surface area contributed by atoms with Crippen LogP contribution in [0.2, 0.25) is 0 Å². The van der Waals surface area contributed by atoms with E-state index in [9.17, 15) is 0 Å². The highest BCUT2D eigenvalue weighted by atomic mass is 15.2. The van der Waals surface area contributed by atoms with Crippen molar-refractivity contribution >= 4 is 5.96 Å². The summed E-state index contributed by atoms with van der Waals surface area (Å²) in [7, 11) is 3.68. The molecule has 1 heterocycles. The van der Waals surface area contributed by atoms with Crippen LogP contribution in [0.3, 0.4) is 0 Å². The van der Waals surface area contributed by atoms with Crippen molar-refractivity contribution < 1.29 is 0 Å². The Bertz CT molecular complexity index is 448. The minimum atomic E-state index is 0.817. The molecule has 2 rings (SSSR count). The second-order valence-electron chi connectivity index (χ2n) is 5.63. The first-order chi connectivity index (χ1) is 10.3. The Morgan fingerprint density at radius 3 is 2.38 bits per heavy atom. The second-order valence-corrected chi connectivity index (χ2v) is 5.63. The molecule has 116 valence electrons. The van der Waals surface area contributed by atoms with Gasteiger partial charge in [-0.15, -0.1) is 0 Å². The first-order valence-electron chi connectivity index (χ1n) is 8.01. The number of guanidine groups is 1. The van der Waals surface area contributed by atoms with Gasteiger partial charge in [-0.05, 0) is 37.1 Å². The van der Waals surface area contributed by atoms with Crippen molar-refractivity contribution in [1.29, 1.82) is 0 Å². The Hall–Kier alpha value is -1.55. The molecule has 1 fully saturated rings. The number of rotatable bonds is 4. The van der Waals surface area contributed by atoms with E-state index < -0.39 is 0 Å². The number of nitrogens with zero attached hydrogens (tertiary/aromatic N) is 2. The van der Waals surface area contributed by atoms with Crippen LogP contribution in [-0.4, -0.2) is 38.0 Å². The maximum Gasteiger partial charge on any atom is 0.190 e. The molecule has 1 aromatic rings. The molecule has 0 aliphatic carbocycles. The number of benzene rings is 1. The number of nitrogens with one attached hydrogen (secondary N) is 2. The summed E-state index contributed by atoms with van der Waals surface area (Å²) in [6.07, 6.45) is 5.45. The molecule has 0 aromatic heterocycles. The zero-order valence-electron chi connectivity index (χ0n) is 13.4.